The molecule has 1 fully saturated rings. The first kappa shape index (κ1) is 11.4. The zero-order chi connectivity index (χ0) is 11.2. The number of rotatable bonds is 3. The van der Waals surface area contributed by atoms with E-state index in [4.69, 9.17) is 5.73 Å². The van der Waals surface area contributed by atoms with Crippen molar-refractivity contribution >= 4 is 17.3 Å². The van der Waals surface area contributed by atoms with E-state index in [1.165, 1.54) is 32.1 Å². The van der Waals surface area contributed by atoms with Gasteiger partial charge in [-0.15, -0.1) is 11.3 Å². The van der Waals surface area contributed by atoms with Gasteiger partial charge in [-0.05, 0) is 12.8 Å². The Balaban J connectivity index is 1.77. The molecule has 3 N–H and O–H groups in total. The molecule has 0 unspecified atom stereocenters. The number of guanidine groups is 1. The predicted octanol–water partition coefficient (Wildman–Crippen LogP) is 1.88. The van der Waals surface area contributed by atoms with Crippen molar-refractivity contribution in [3.05, 3.63) is 16.6 Å². The van der Waals surface area contributed by atoms with Crippen molar-refractivity contribution in [3.63, 3.8) is 0 Å². The molecular weight excluding hydrogens is 220 g/mol. The third kappa shape index (κ3) is 3.48. The van der Waals surface area contributed by atoms with Gasteiger partial charge in [0.25, 0.3) is 0 Å². The lowest BCUT2D eigenvalue weighted by Crippen LogP contribution is -2.41. The zero-order valence-electron chi connectivity index (χ0n) is 9.35. The highest BCUT2D eigenvalue weighted by Gasteiger charge is 2.13. The second-order valence-corrected chi connectivity index (χ2v) is 5.09. The molecule has 4 nitrogen and oxygen atoms in total. The summed E-state index contributed by atoms with van der Waals surface area (Å²) in [5.74, 6) is 0.557. The highest BCUT2D eigenvalue weighted by molar-refractivity contribution is 7.09. The molecule has 1 saturated carbocycles. The molecule has 0 atom stereocenters. The summed E-state index contributed by atoms with van der Waals surface area (Å²) < 4.78 is 0. The molecular formula is C11H18N4S. The van der Waals surface area contributed by atoms with Gasteiger partial charge in [0, 0.05) is 17.6 Å². The maximum Gasteiger partial charge on any atom is 0.189 e. The van der Waals surface area contributed by atoms with Crippen LogP contribution in [0.4, 0.5) is 0 Å². The van der Waals surface area contributed by atoms with Crippen molar-refractivity contribution in [3.8, 4) is 0 Å². The molecule has 0 spiro atoms. The van der Waals surface area contributed by atoms with Crippen molar-refractivity contribution in [2.75, 3.05) is 0 Å². The molecule has 0 aliphatic heterocycles. The molecule has 1 aliphatic rings. The average Bonchev–Trinajstić information content (AvgIpc) is 2.81. The summed E-state index contributed by atoms with van der Waals surface area (Å²) >= 11 is 1.61. The Bertz CT molecular complexity index is 328. The number of thiazole rings is 1. The van der Waals surface area contributed by atoms with Gasteiger partial charge in [-0.3, -0.25) is 0 Å². The van der Waals surface area contributed by atoms with E-state index in [9.17, 15) is 0 Å². The first-order valence-corrected chi connectivity index (χ1v) is 6.67. The van der Waals surface area contributed by atoms with Crippen LogP contribution in [-0.4, -0.2) is 17.0 Å². The summed E-state index contributed by atoms with van der Waals surface area (Å²) in [5, 5.41) is 6.25. The van der Waals surface area contributed by atoms with Crippen LogP contribution in [-0.2, 0) is 6.54 Å². The van der Waals surface area contributed by atoms with E-state index < -0.39 is 0 Å². The minimum absolute atomic E-state index is 0.522. The van der Waals surface area contributed by atoms with Crippen LogP contribution in [0.3, 0.4) is 0 Å². The van der Waals surface area contributed by atoms with E-state index in [0.29, 0.717) is 18.5 Å². The molecule has 0 saturated heterocycles. The van der Waals surface area contributed by atoms with Gasteiger partial charge in [-0.2, -0.15) is 0 Å². The lowest BCUT2D eigenvalue weighted by Gasteiger charge is -2.23. The quantitative estimate of drug-likeness (QED) is 0.624. The van der Waals surface area contributed by atoms with Crippen LogP contribution in [0.15, 0.2) is 16.6 Å². The maximum absolute atomic E-state index is 5.84. The fourth-order valence-electron chi connectivity index (χ4n) is 1.99. The van der Waals surface area contributed by atoms with Crippen LogP contribution in [0.2, 0.25) is 0 Å². The van der Waals surface area contributed by atoms with E-state index in [-0.39, 0.29) is 0 Å². The maximum atomic E-state index is 5.84. The molecule has 0 bridgehead atoms. The van der Waals surface area contributed by atoms with Gasteiger partial charge in [0.15, 0.2) is 5.96 Å². The summed E-state index contributed by atoms with van der Waals surface area (Å²) in [6.45, 7) is 0.587. The Kier molecular flexibility index (Phi) is 4.16. The first-order chi connectivity index (χ1) is 7.84. The van der Waals surface area contributed by atoms with E-state index in [1.54, 1.807) is 17.5 Å². The summed E-state index contributed by atoms with van der Waals surface area (Å²) in [6.07, 6.45) is 8.18. The van der Waals surface area contributed by atoms with E-state index >= 15 is 0 Å². The van der Waals surface area contributed by atoms with Gasteiger partial charge in [0.2, 0.25) is 0 Å². The molecule has 0 radical (unpaired) electrons. The smallest absolute Gasteiger partial charge is 0.189 e. The Hall–Kier alpha value is -1.10. The summed E-state index contributed by atoms with van der Waals surface area (Å²) in [6, 6.07) is 0.522. The van der Waals surface area contributed by atoms with Crippen molar-refractivity contribution in [2.24, 2.45) is 10.7 Å². The molecule has 0 amide bonds. The number of hydrogen-bond acceptors (Lipinski definition) is 3. The minimum Gasteiger partial charge on any atom is -0.370 e. The third-order valence-electron chi connectivity index (χ3n) is 2.83. The standard InChI is InChI=1S/C11H18N4S/c12-11(14-8-10-13-6-7-16-10)15-9-4-2-1-3-5-9/h6-7,9H,1-5,8H2,(H3,12,14,15). The van der Waals surface area contributed by atoms with Crippen LogP contribution in [0.5, 0.6) is 0 Å². The highest BCUT2D eigenvalue weighted by Crippen LogP contribution is 2.17. The number of hydrogen-bond donors (Lipinski definition) is 2. The number of aliphatic imine (C=N–C) groups is 1. The zero-order valence-corrected chi connectivity index (χ0v) is 10.2. The van der Waals surface area contributed by atoms with Crippen LogP contribution in [0.1, 0.15) is 37.1 Å². The summed E-state index contributed by atoms with van der Waals surface area (Å²) in [5.41, 5.74) is 5.84. The normalized spacial score (nSPS) is 18.6. The fraction of sp³-hybridized carbons (Fsp3) is 0.636. The molecule has 1 heterocycles. The van der Waals surface area contributed by atoms with Crippen molar-refractivity contribution in [1.82, 2.24) is 10.3 Å². The van der Waals surface area contributed by atoms with Gasteiger partial charge in [-0.25, -0.2) is 9.98 Å². The van der Waals surface area contributed by atoms with E-state index in [0.717, 1.165) is 5.01 Å². The Morgan fingerprint density at radius 3 is 3.00 bits per heavy atom. The molecule has 1 aliphatic carbocycles. The third-order valence-corrected chi connectivity index (χ3v) is 3.59. The number of nitrogens with two attached hydrogens (primary N) is 1. The van der Waals surface area contributed by atoms with E-state index in [1.807, 2.05) is 5.38 Å². The van der Waals surface area contributed by atoms with Crippen LogP contribution >= 0.6 is 11.3 Å². The van der Waals surface area contributed by atoms with Crippen molar-refractivity contribution < 1.29 is 0 Å². The molecule has 5 heteroatoms. The fourth-order valence-corrected chi connectivity index (χ4v) is 2.53. The monoisotopic (exact) mass is 238 g/mol. The summed E-state index contributed by atoms with van der Waals surface area (Å²) in [7, 11) is 0. The van der Waals surface area contributed by atoms with Crippen LogP contribution in [0.25, 0.3) is 0 Å². The lowest BCUT2D eigenvalue weighted by molar-refractivity contribution is 0.412. The molecule has 16 heavy (non-hydrogen) atoms. The Labute approximate surface area is 100.0 Å². The highest BCUT2D eigenvalue weighted by atomic mass is 32.1. The molecule has 1 aromatic rings. The first-order valence-electron chi connectivity index (χ1n) is 5.79. The van der Waals surface area contributed by atoms with Gasteiger partial charge >= 0.3 is 0 Å². The molecule has 88 valence electrons. The molecule has 2 rings (SSSR count). The van der Waals surface area contributed by atoms with Gasteiger partial charge < -0.3 is 11.1 Å². The van der Waals surface area contributed by atoms with Gasteiger partial charge in [0.05, 0.1) is 6.54 Å². The largest absolute Gasteiger partial charge is 0.370 e. The number of aromatic nitrogens is 1. The van der Waals surface area contributed by atoms with Gasteiger partial charge in [-0.1, -0.05) is 19.3 Å². The Morgan fingerprint density at radius 2 is 2.31 bits per heavy atom. The molecule has 0 aromatic carbocycles. The number of nitrogens with zero attached hydrogens (tertiary/aromatic N) is 2. The van der Waals surface area contributed by atoms with Gasteiger partial charge in [0.1, 0.15) is 5.01 Å². The minimum atomic E-state index is 0.522. The predicted molar refractivity (Wildman–Crippen MR) is 67.4 cm³/mol. The summed E-state index contributed by atoms with van der Waals surface area (Å²) in [4.78, 5) is 8.46. The topological polar surface area (TPSA) is 63.3 Å². The van der Waals surface area contributed by atoms with E-state index in [2.05, 4.69) is 15.3 Å². The molecule has 1 aromatic heterocycles. The van der Waals surface area contributed by atoms with Crippen molar-refractivity contribution in [2.45, 2.75) is 44.7 Å². The van der Waals surface area contributed by atoms with Crippen LogP contribution < -0.4 is 11.1 Å². The second kappa shape index (κ2) is 5.84. The number of nitrogens with one attached hydrogen (secondary N) is 1. The van der Waals surface area contributed by atoms with Crippen molar-refractivity contribution in [1.29, 1.82) is 0 Å². The SMILES string of the molecule is NC(=NCc1nccs1)NC1CCCCC1. The Morgan fingerprint density at radius 1 is 1.50 bits per heavy atom. The lowest BCUT2D eigenvalue weighted by atomic mass is 9.96. The van der Waals surface area contributed by atoms with Crippen LogP contribution in [0, 0.1) is 0 Å². The second-order valence-electron chi connectivity index (χ2n) is 4.11. The average molecular weight is 238 g/mol.